The molecule has 0 aromatic carbocycles. The third-order valence-electron chi connectivity index (χ3n) is 4.55. The lowest BCUT2D eigenvalue weighted by atomic mass is 9.83. The summed E-state index contributed by atoms with van der Waals surface area (Å²) in [6, 6.07) is 0.638. The first-order valence-corrected chi connectivity index (χ1v) is 8.33. The first-order valence-electron chi connectivity index (χ1n) is 8.33. The quantitative estimate of drug-likeness (QED) is 0.676. The summed E-state index contributed by atoms with van der Waals surface area (Å²) >= 11 is 0. The predicted octanol–water partition coefficient (Wildman–Crippen LogP) is 2.64. The van der Waals surface area contributed by atoms with Crippen LogP contribution in [0, 0.1) is 5.92 Å². The van der Waals surface area contributed by atoms with Crippen molar-refractivity contribution >= 4 is 0 Å². The molecule has 1 atom stereocenters. The molecule has 0 aromatic heterocycles. The molecule has 114 valence electrons. The molecule has 0 amide bonds. The number of aliphatic hydroxyl groups excluding tert-OH is 1. The van der Waals surface area contributed by atoms with Gasteiger partial charge >= 0.3 is 0 Å². The van der Waals surface area contributed by atoms with Crippen LogP contribution in [0.4, 0.5) is 0 Å². The SMILES string of the molecule is CCCC1CCC(NCC(O)CN(CC)CC)CC1. The number of hydrogen-bond donors (Lipinski definition) is 2. The Hall–Kier alpha value is -0.120. The molecule has 2 N–H and O–H groups in total. The maximum atomic E-state index is 10.0. The Morgan fingerprint density at radius 2 is 1.74 bits per heavy atom. The monoisotopic (exact) mass is 270 g/mol. The zero-order chi connectivity index (χ0) is 14.1. The third kappa shape index (κ3) is 6.73. The van der Waals surface area contributed by atoms with Crippen LogP contribution in [0.1, 0.15) is 59.3 Å². The molecule has 0 aromatic rings. The van der Waals surface area contributed by atoms with Crippen LogP contribution in [-0.2, 0) is 0 Å². The van der Waals surface area contributed by atoms with Crippen molar-refractivity contribution in [3.63, 3.8) is 0 Å². The molecule has 0 aliphatic heterocycles. The van der Waals surface area contributed by atoms with E-state index in [2.05, 4.69) is 31.0 Å². The van der Waals surface area contributed by atoms with E-state index in [1.54, 1.807) is 0 Å². The van der Waals surface area contributed by atoms with Gasteiger partial charge in [-0.3, -0.25) is 0 Å². The van der Waals surface area contributed by atoms with Crippen LogP contribution in [0.5, 0.6) is 0 Å². The van der Waals surface area contributed by atoms with E-state index in [1.165, 1.54) is 38.5 Å². The Labute approximate surface area is 119 Å². The van der Waals surface area contributed by atoms with Gasteiger partial charge in [-0.15, -0.1) is 0 Å². The van der Waals surface area contributed by atoms with Crippen molar-refractivity contribution in [3.8, 4) is 0 Å². The second-order valence-electron chi connectivity index (χ2n) is 6.05. The van der Waals surface area contributed by atoms with Crippen molar-refractivity contribution in [2.24, 2.45) is 5.92 Å². The molecule has 0 saturated heterocycles. The van der Waals surface area contributed by atoms with Gasteiger partial charge in [-0.25, -0.2) is 0 Å². The van der Waals surface area contributed by atoms with E-state index in [9.17, 15) is 5.11 Å². The van der Waals surface area contributed by atoms with Crippen molar-refractivity contribution in [2.75, 3.05) is 26.2 Å². The largest absolute Gasteiger partial charge is 0.390 e. The van der Waals surface area contributed by atoms with E-state index in [0.29, 0.717) is 6.04 Å². The average Bonchev–Trinajstić information content (AvgIpc) is 2.44. The van der Waals surface area contributed by atoms with Crippen LogP contribution >= 0.6 is 0 Å². The van der Waals surface area contributed by atoms with Crippen LogP contribution in [0.25, 0.3) is 0 Å². The Balaban J connectivity index is 2.12. The highest BCUT2D eigenvalue weighted by molar-refractivity contribution is 4.78. The van der Waals surface area contributed by atoms with Gasteiger partial charge in [0.25, 0.3) is 0 Å². The van der Waals surface area contributed by atoms with Crippen LogP contribution in [0.3, 0.4) is 0 Å². The molecule has 0 spiro atoms. The summed E-state index contributed by atoms with van der Waals surface area (Å²) in [4.78, 5) is 2.28. The molecule has 19 heavy (non-hydrogen) atoms. The van der Waals surface area contributed by atoms with Gasteiger partial charge < -0.3 is 15.3 Å². The molecular weight excluding hydrogens is 236 g/mol. The van der Waals surface area contributed by atoms with Crippen molar-refractivity contribution in [1.29, 1.82) is 0 Å². The fourth-order valence-electron chi connectivity index (χ4n) is 3.21. The van der Waals surface area contributed by atoms with Gasteiger partial charge in [0.1, 0.15) is 0 Å². The van der Waals surface area contributed by atoms with Crippen molar-refractivity contribution in [2.45, 2.75) is 71.4 Å². The molecule has 1 aliphatic rings. The van der Waals surface area contributed by atoms with Gasteiger partial charge in [0.15, 0.2) is 0 Å². The highest BCUT2D eigenvalue weighted by Gasteiger charge is 2.20. The minimum absolute atomic E-state index is 0.228. The van der Waals surface area contributed by atoms with Crippen LogP contribution in [0.2, 0.25) is 0 Å². The molecule has 0 bridgehead atoms. The Morgan fingerprint density at radius 3 is 2.26 bits per heavy atom. The molecule has 3 heteroatoms. The number of likely N-dealkylation sites (N-methyl/N-ethyl adjacent to an activating group) is 1. The standard InChI is InChI=1S/C16H34N2O/c1-4-7-14-8-10-15(11-9-14)17-12-16(19)13-18(5-2)6-3/h14-17,19H,4-13H2,1-3H3. The molecule has 1 saturated carbocycles. The van der Waals surface area contributed by atoms with Gasteiger partial charge in [0, 0.05) is 19.1 Å². The molecular formula is C16H34N2O. The topological polar surface area (TPSA) is 35.5 Å². The van der Waals surface area contributed by atoms with Gasteiger partial charge in [0.2, 0.25) is 0 Å². The summed E-state index contributed by atoms with van der Waals surface area (Å²) in [6.07, 6.45) is 7.83. The Kier molecular flexibility index (Phi) is 8.67. The first-order chi connectivity index (χ1) is 9.19. The van der Waals surface area contributed by atoms with E-state index in [-0.39, 0.29) is 6.10 Å². The van der Waals surface area contributed by atoms with E-state index >= 15 is 0 Å². The van der Waals surface area contributed by atoms with Gasteiger partial charge in [-0.1, -0.05) is 33.6 Å². The number of rotatable bonds is 9. The number of nitrogens with one attached hydrogen (secondary N) is 1. The predicted molar refractivity (Wildman–Crippen MR) is 82.5 cm³/mol. The third-order valence-corrected chi connectivity index (χ3v) is 4.55. The minimum atomic E-state index is -0.228. The number of hydrogen-bond acceptors (Lipinski definition) is 3. The van der Waals surface area contributed by atoms with Crippen LogP contribution in [-0.4, -0.2) is 48.3 Å². The van der Waals surface area contributed by atoms with Gasteiger partial charge in [-0.2, -0.15) is 0 Å². The molecule has 0 heterocycles. The molecule has 0 radical (unpaired) electrons. The average molecular weight is 270 g/mol. The van der Waals surface area contributed by atoms with Crippen LogP contribution < -0.4 is 5.32 Å². The fraction of sp³-hybridized carbons (Fsp3) is 1.00. The van der Waals surface area contributed by atoms with Crippen molar-refractivity contribution in [1.82, 2.24) is 10.2 Å². The maximum absolute atomic E-state index is 10.0. The summed E-state index contributed by atoms with van der Waals surface area (Å²) in [7, 11) is 0. The smallest absolute Gasteiger partial charge is 0.0791 e. The summed E-state index contributed by atoms with van der Waals surface area (Å²) in [6.45, 7) is 10.2. The summed E-state index contributed by atoms with van der Waals surface area (Å²) in [5, 5.41) is 13.6. The Bertz CT molecular complexity index is 211. The highest BCUT2D eigenvalue weighted by Crippen LogP contribution is 2.27. The number of nitrogens with zero attached hydrogens (tertiary/aromatic N) is 1. The van der Waals surface area contributed by atoms with Gasteiger partial charge in [-0.05, 0) is 44.7 Å². The Morgan fingerprint density at radius 1 is 1.11 bits per heavy atom. The highest BCUT2D eigenvalue weighted by atomic mass is 16.3. The molecule has 1 rings (SSSR count). The molecule has 3 nitrogen and oxygen atoms in total. The van der Waals surface area contributed by atoms with Crippen molar-refractivity contribution < 1.29 is 5.11 Å². The lowest BCUT2D eigenvalue weighted by Gasteiger charge is -2.30. The second-order valence-corrected chi connectivity index (χ2v) is 6.05. The van der Waals surface area contributed by atoms with E-state index < -0.39 is 0 Å². The van der Waals surface area contributed by atoms with Crippen molar-refractivity contribution in [3.05, 3.63) is 0 Å². The molecule has 1 aliphatic carbocycles. The lowest BCUT2D eigenvalue weighted by molar-refractivity contribution is 0.110. The lowest BCUT2D eigenvalue weighted by Crippen LogP contribution is -2.42. The first kappa shape index (κ1) is 16.9. The molecule has 1 fully saturated rings. The zero-order valence-corrected chi connectivity index (χ0v) is 13.2. The van der Waals surface area contributed by atoms with E-state index in [0.717, 1.165) is 32.1 Å². The number of aliphatic hydroxyl groups is 1. The summed E-state index contributed by atoms with van der Waals surface area (Å²) in [5.74, 6) is 0.962. The second kappa shape index (κ2) is 9.73. The normalized spacial score (nSPS) is 25.7. The summed E-state index contributed by atoms with van der Waals surface area (Å²) < 4.78 is 0. The van der Waals surface area contributed by atoms with Gasteiger partial charge in [0.05, 0.1) is 6.10 Å². The zero-order valence-electron chi connectivity index (χ0n) is 13.2. The minimum Gasteiger partial charge on any atom is -0.390 e. The fourth-order valence-corrected chi connectivity index (χ4v) is 3.21. The van der Waals surface area contributed by atoms with E-state index in [4.69, 9.17) is 0 Å². The maximum Gasteiger partial charge on any atom is 0.0791 e. The van der Waals surface area contributed by atoms with Crippen LogP contribution in [0.15, 0.2) is 0 Å². The summed E-state index contributed by atoms with van der Waals surface area (Å²) in [5.41, 5.74) is 0. The molecule has 1 unspecified atom stereocenters. The van der Waals surface area contributed by atoms with E-state index in [1.807, 2.05) is 0 Å².